The molecule has 3 rings (SSSR count). The lowest BCUT2D eigenvalue weighted by Gasteiger charge is -2.26. The maximum absolute atomic E-state index is 13.2. The zero-order chi connectivity index (χ0) is 30.5. The predicted molar refractivity (Wildman–Crippen MR) is 150 cm³/mol. The van der Waals surface area contributed by atoms with Crippen LogP contribution in [-0.2, 0) is 25.7 Å². The number of hydrogen-bond donors (Lipinski definition) is 5. The molecule has 0 saturated carbocycles. The van der Waals surface area contributed by atoms with E-state index in [2.05, 4.69) is 21.3 Å². The molecule has 0 aliphatic carbocycles. The van der Waals surface area contributed by atoms with E-state index in [4.69, 9.17) is 10.5 Å². The predicted octanol–water partition coefficient (Wildman–Crippen LogP) is 1.38. The minimum absolute atomic E-state index is 0.0356. The molecule has 6 N–H and O–H groups in total. The Bertz CT molecular complexity index is 1270. The number of anilines is 1. The first-order chi connectivity index (χ1) is 20.1. The van der Waals surface area contributed by atoms with E-state index in [1.807, 2.05) is 6.07 Å². The zero-order valence-electron chi connectivity index (χ0n) is 22.7. The molecule has 2 atom stereocenters. The molecule has 1 aliphatic rings. The van der Waals surface area contributed by atoms with Crippen LogP contribution in [0.1, 0.15) is 31.2 Å². The SMILES string of the molecule is NC(=O)NCCC[C@H](NC(=O)[C@@H]1CCCN1C(=O)CNC(=O)OCc1ccccc1)C(=O)Nc1ccc([N+](=O)[O-])cc1. The van der Waals surface area contributed by atoms with Crippen LogP contribution in [0.25, 0.3) is 0 Å². The van der Waals surface area contributed by atoms with Gasteiger partial charge in [0.2, 0.25) is 17.7 Å². The summed E-state index contributed by atoms with van der Waals surface area (Å²) in [6, 6.07) is 11.6. The first-order valence-corrected chi connectivity index (χ1v) is 13.3. The van der Waals surface area contributed by atoms with Crippen LogP contribution in [0.15, 0.2) is 54.6 Å². The van der Waals surface area contributed by atoms with Crippen LogP contribution in [0.4, 0.5) is 21.0 Å². The number of likely N-dealkylation sites (tertiary alicyclic amines) is 1. The van der Waals surface area contributed by atoms with Crippen molar-refractivity contribution in [2.45, 2.75) is 44.4 Å². The highest BCUT2D eigenvalue weighted by molar-refractivity contribution is 5.98. The second-order valence-corrected chi connectivity index (χ2v) is 9.45. The van der Waals surface area contributed by atoms with Crippen LogP contribution in [-0.4, -0.2) is 71.4 Å². The van der Waals surface area contributed by atoms with E-state index < -0.39 is 46.9 Å². The van der Waals surface area contributed by atoms with Gasteiger partial charge in [-0.25, -0.2) is 9.59 Å². The minimum atomic E-state index is -1.05. The van der Waals surface area contributed by atoms with Gasteiger partial charge in [-0.1, -0.05) is 30.3 Å². The lowest BCUT2D eigenvalue weighted by atomic mass is 10.1. The second-order valence-electron chi connectivity index (χ2n) is 9.45. The summed E-state index contributed by atoms with van der Waals surface area (Å²) in [5, 5.41) is 21.0. The Hall–Kier alpha value is -5.21. The van der Waals surface area contributed by atoms with Crippen LogP contribution in [0.2, 0.25) is 0 Å². The fraction of sp³-hybridized carbons (Fsp3) is 0.370. The number of rotatable bonds is 13. The Morgan fingerprint density at radius 1 is 1.05 bits per heavy atom. The van der Waals surface area contributed by atoms with Crippen LogP contribution in [0.5, 0.6) is 0 Å². The summed E-state index contributed by atoms with van der Waals surface area (Å²) in [5.41, 5.74) is 5.99. The van der Waals surface area contributed by atoms with Crippen molar-refractivity contribution >= 4 is 41.2 Å². The fourth-order valence-electron chi connectivity index (χ4n) is 4.31. The summed E-state index contributed by atoms with van der Waals surface area (Å²) in [4.78, 5) is 73.8. The number of primary amides is 1. The summed E-state index contributed by atoms with van der Waals surface area (Å²) in [5.74, 6) is -1.63. The number of hydrogen-bond acceptors (Lipinski definition) is 8. The van der Waals surface area contributed by atoms with Gasteiger partial charge >= 0.3 is 12.1 Å². The third-order valence-corrected chi connectivity index (χ3v) is 6.42. The molecule has 1 fully saturated rings. The van der Waals surface area contributed by atoms with Gasteiger partial charge in [0.05, 0.1) is 4.92 Å². The van der Waals surface area contributed by atoms with E-state index in [9.17, 15) is 34.1 Å². The summed E-state index contributed by atoms with van der Waals surface area (Å²) in [6.45, 7) is 0.112. The third kappa shape index (κ3) is 9.76. The quantitative estimate of drug-likeness (QED) is 0.132. The van der Waals surface area contributed by atoms with Gasteiger partial charge < -0.3 is 36.6 Å². The monoisotopic (exact) mass is 583 g/mol. The van der Waals surface area contributed by atoms with Crippen molar-refractivity contribution in [2.24, 2.45) is 5.73 Å². The van der Waals surface area contributed by atoms with Gasteiger partial charge in [0.15, 0.2) is 0 Å². The molecule has 0 bridgehead atoms. The molecule has 42 heavy (non-hydrogen) atoms. The van der Waals surface area contributed by atoms with Gasteiger partial charge in [0.25, 0.3) is 5.69 Å². The highest BCUT2D eigenvalue weighted by atomic mass is 16.6. The van der Waals surface area contributed by atoms with E-state index in [-0.39, 0.29) is 37.5 Å². The molecule has 0 spiro atoms. The maximum Gasteiger partial charge on any atom is 0.407 e. The molecule has 1 heterocycles. The van der Waals surface area contributed by atoms with Crippen molar-refractivity contribution in [3.8, 4) is 0 Å². The lowest BCUT2D eigenvalue weighted by Crippen LogP contribution is -2.53. The topological polar surface area (TPSA) is 215 Å². The first kappa shape index (κ1) is 31.3. The van der Waals surface area contributed by atoms with Gasteiger partial charge in [-0.3, -0.25) is 24.5 Å². The van der Waals surface area contributed by atoms with Gasteiger partial charge in [-0.15, -0.1) is 0 Å². The average Bonchev–Trinajstić information content (AvgIpc) is 3.47. The molecule has 15 nitrogen and oxygen atoms in total. The Kier molecular flexibility index (Phi) is 11.6. The zero-order valence-corrected chi connectivity index (χ0v) is 22.7. The van der Waals surface area contributed by atoms with Crippen molar-refractivity contribution in [3.05, 3.63) is 70.3 Å². The second kappa shape index (κ2) is 15.5. The van der Waals surface area contributed by atoms with Gasteiger partial charge in [0.1, 0.15) is 25.2 Å². The molecule has 15 heteroatoms. The first-order valence-electron chi connectivity index (χ1n) is 13.3. The minimum Gasteiger partial charge on any atom is -0.445 e. The van der Waals surface area contributed by atoms with E-state index >= 15 is 0 Å². The molecule has 2 aromatic rings. The van der Waals surface area contributed by atoms with Crippen molar-refractivity contribution in [2.75, 3.05) is 25.0 Å². The number of non-ortho nitro benzene ring substituents is 1. The number of urea groups is 1. The summed E-state index contributed by atoms with van der Waals surface area (Å²) in [6.07, 6.45) is 0.546. The Morgan fingerprint density at radius 3 is 2.43 bits per heavy atom. The average molecular weight is 584 g/mol. The van der Waals surface area contributed by atoms with Crippen LogP contribution < -0.4 is 27.0 Å². The molecule has 1 aliphatic heterocycles. The van der Waals surface area contributed by atoms with Gasteiger partial charge in [-0.05, 0) is 43.4 Å². The van der Waals surface area contributed by atoms with Crippen molar-refractivity contribution in [1.82, 2.24) is 20.9 Å². The van der Waals surface area contributed by atoms with Crippen LogP contribution in [0, 0.1) is 10.1 Å². The summed E-state index contributed by atoms with van der Waals surface area (Å²) in [7, 11) is 0. The Labute approximate surface area is 241 Å². The molecule has 0 aromatic heterocycles. The molecular formula is C27H33N7O8. The summed E-state index contributed by atoms with van der Waals surface area (Å²) < 4.78 is 5.11. The van der Waals surface area contributed by atoms with E-state index in [0.717, 1.165) is 5.56 Å². The molecule has 1 saturated heterocycles. The van der Waals surface area contributed by atoms with Crippen molar-refractivity contribution in [3.63, 3.8) is 0 Å². The van der Waals surface area contributed by atoms with E-state index in [1.54, 1.807) is 24.3 Å². The number of nitrogens with zero attached hydrogens (tertiary/aromatic N) is 2. The molecule has 0 unspecified atom stereocenters. The normalized spacial score (nSPS) is 14.8. The number of benzene rings is 2. The number of carbonyl (C=O) groups excluding carboxylic acids is 5. The number of nitrogens with two attached hydrogens (primary N) is 1. The number of amides is 6. The molecular weight excluding hydrogens is 550 g/mol. The highest BCUT2D eigenvalue weighted by Gasteiger charge is 2.35. The molecule has 224 valence electrons. The molecule has 0 radical (unpaired) electrons. The largest absolute Gasteiger partial charge is 0.445 e. The Morgan fingerprint density at radius 2 is 1.76 bits per heavy atom. The number of carbonyl (C=O) groups is 5. The van der Waals surface area contributed by atoms with Crippen LogP contribution >= 0.6 is 0 Å². The van der Waals surface area contributed by atoms with E-state index in [1.165, 1.54) is 29.2 Å². The Balaban J connectivity index is 1.57. The molecule has 6 amide bonds. The smallest absolute Gasteiger partial charge is 0.407 e. The fourth-order valence-corrected chi connectivity index (χ4v) is 4.31. The number of alkyl carbamates (subject to hydrolysis) is 1. The molecule has 2 aromatic carbocycles. The number of nitrogens with one attached hydrogen (secondary N) is 4. The maximum atomic E-state index is 13.2. The van der Waals surface area contributed by atoms with E-state index in [0.29, 0.717) is 25.8 Å². The number of nitro benzene ring substituents is 1. The van der Waals surface area contributed by atoms with Gasteiger partial charge in [-0.2, -0.15) is 0 Å². The van der Waals surface area contributed by atoms with Gasteiger partial charge in [0, 0.05) is 30.9 Å². The van der Waals surface area contributed by atoms with Crippen molar-refractivity contribution in [1.29, 1.82) is 0 Å². The highest BCUT2D eigenvalue weighted by Crippen LogP contribution is 2.19. The third-order valence-electron chi connectivity index (χ3n) is 6.42. The van der Waals surface area contributed by atoms with Crippen LogP contribution in [0.3, 0.4) is 0 Å². The number of nitro groups is 1. The standard InChI is InChI=1S/C27H33N7O8/c28-26(38)29-14-4-8-21(24(36)31-19-10-12-20(13-11-19)34(40)41)32-25(37)22-9-5-15-33(22)23(35)16-30-27(39)42-17-18-6-2-1-3-7-18/h1-3,6-7,10-13,21-22H,4-5,8-9,14-17H2,(H,30,39)(H,31,36)(H,32,37)(H3,28,29,38)/t21-,22-/m0/s1. The van der Waals surface area contributed by atoms with Crippen molar-refractivity contribution < 1.29 is 33.6 Å². The number of ether oxygens (including phenoxy) is 1. The summed E-state index contributed by atoms with van der Waals surface area (Å²) >= 11 is 0. The lowest BCUT2D eigenvalue weighted by molar-refractivity contribution is -0.384.